The average Bonchev–Trinajstić information content (AvgIpc) is 2.17. The summed E-state index contributed by atoms with van der Waals surface area (Å²) < 4.78 is 0. The Kier molecular flexibility index (Phi) is 3.14. The summed E-state index contributed by atoms with van der Waals surface area (Å²) in [5.74, 6) is -0.936. The number of thiol groups is 1. The first-order chi connectivity index (χ1) is 6.13. The first-order valence-corrected chi connectivity index (χ1v) is 4.26. The van der Waals surface area contributed by atoms with Gasteiger partial charge in [-0.2, -0.15) is 0 Å². The summed E-state index contributed by atoms with van der Waals surface area (Å²) >= 11 is 4.15. The maximum Gasteiger partial charge on any atom is 0.332 e. The molecule has 13 heavy (non-hydrogen) atoms. The van der Waals surface area contributed by atoms with Gasteiger partial charge in [0.25, 0.3) is 0 Å². The highest BCUT2D eigenvalue weighted by atomic mass is 32.1. The molecular formula is C10H10O2S. The molecule has 0 aliphatic heterocycles. The molecule has 0 saturated carbocycles. The molecule has 1 N–H and O–H groups in total. The molecule has 0 aliphatic carbocycles. The summed E-state index contributed by atoms with van der Waals surface area (Å²) in [6, 6.07) is 9.23. The molecule has 0 aliphatic rings. The summed E-state index contributed by atoms with van der Waals surface area (Å²) in [7, 11) is 0. The quantitative estimate of drug-likeness (QED) is 0.560. The second-order valence-corrected chi connectivity index (χ2v) is 3.09. The fourth-order valence-electron chi connectivity index (χ4n) is 0.914. The highest BCUT2D eigenvalue weighted by molar-refractivity contribution is 7.90. The molecule has 1 rings (SSSR count). The first kappa shape index (κ1) is 9.86. The molecule has 1 aromatic rings. The van der Waals surface area contributed by atoms with Crippen molar-refractivity contribution >= 4 is 23.5 Å². The summed E-state index contributed by atoms with van der Waals surface area (Å²) in [6.07, 6.45) is 0. The Morgan fingerprint density at radius 1 is 1.31 bits per heavy atom. The summed E-state index contributed by atoms with van der Waals surface area (Å²) in [6.45, 7) is 1.54. The van der Waals surface area contributed by atoms with Gasteiger partial charge >= 0.3 is 5.97 Å². The molecule has 0 aromatic heterocycles. The van der Waals surface area contributed by atoms with Crippen LogP contribution in [0, 0.1) is 0 Å². The highest BCUT2D eigenvalue weighted by Crippen LogP contribution is 2.21. The van der Waals surface area contributed by atoms with Gasteiger partial charge in [-0.05, 0) is 12.5 Å². The Morgan fingerprint density at radius 2 is 1.85 bits per heavy atom. The molecule has 0 amide bonds. The molecule has 2 nitrogen and oxygen atoms in total. The van der Waals surface area contributed by atoms with Crippen molar-refractivity contribution in [3.8, 4) is 0 Å². The zero-order chi connectivity index (χ0) is 9.84. The van der Waals surface area contributed by atoms with Gasteiger partial charge in [-0.25, -0.2) is 4.79 Å². The van der Waals surface area contributed by atoms with Crippen LogP contribution in [0.3, 0.4) is 0 Å². The van der Waals surface area contributed by atoms with Gasteiger partial charge < -0.3 is 5.11 Å². The Hall–Kier alpha value is -1.22. The van der Waals surface area contributed by atoms with E-state index in [4.69, 9.17) is 5.11 Å². The van der Waals surface area contributed by atoms with Crippen molar-refractivity contribution in [1.29, 1.82) is 0 Å². The predicted octanol–water partition coefficient (Wildman–Crippen LogP) is 2.43. The van der Waals surface area contributed by atoms with E-state index in [9.17, 15) is 4.79 Å². The smallest absolute Gasteiger partial charge is 0.332 e. The minimum Gasteiger partial charge on any atom is -0.478 e. The van der Waals surface area contributed by atoms with E-state index >= 15 is 0 Å². The second kappa shape index (κ2) is 4.14. The minimum atomic E-state index is -0.936. The Bertz CT molecular complexity index is 341. The zero-order valence-electron chi connectivity index (χ0n) is 7.19. The minimum absolute atomic E-state index is 0.259. The lowest BCUT2D eigenvalue weighted by atomic mass is 10.1. The van der Waals surface area contributed by atoms with Gasteiger partial charge in [0.2, 0.25) is 0 Å². The SMILES string of the molecule is C/C(C(=O)O)=C(\S)c1ccccc1. The molecule has 0 unspecified atom stereocenters. The van der Waals surface area contributed by atoms with E-state index in [1.54, 1.807) is 0 Å². The van der Waals surface area contributed by atoms with E-state index in [2.05, 4.69) is 12.6 Å². The van der Waals surface area contributed by atoms with Gasteiger partial charge in [0, 0.05) is 10.5 Å². The average molecular weight is 194 g/mol. The third-order valence-corrected chi connectivity index (χ3v) is 2.32. The van der Waals surface area contributed by atoms with Crippen molar-refractivity contribution in [3.05, 3.63) is 41.5 Å². The van der Waals surface area contributed by atoms with Crippen molar-refractivity contribution in [2.45, 2.75) is 6.92 Å². The predicted molar refractivity (Wildman–Crippen MR) is 55.7 cm³/mol. The first-order valence-electron chi connectivity index (χ1n) is 3.81. The number of carbonyl (C=O) groups is 1. The molecule has 0 radical (unpaired) electrons. The molecule has 1 aromatic carbocycles. The third kappa shape index (κ3) is 2.36. The van der Waals surface area contributed by atoms with Gasteiger partial charge in [-0.15, -0.1) is 12.6 Å². The highest BCUT2D eigenvalue weighted by Gasteiger charge is 2.06. The Labute approximate surface area is 82.3 Å². The summed E-state index contributed by atoms with van der Waals surface area (Å²) in [5.41, 5.74) is 1.08. The van der Waals surface area contributed by atoms with Crippen molar-refractivity contribution in [3.63, 3.8) is 0 Å². The number of rotatable bonds is 2. The number of carboxylic acids is 1. The van der Waals surface area contributed by atoms with Crippen molar-refractivity contribution in [1.82, 2.24) is 0 Å². The largest absolute Gasteiger partial charge is 0.478 e. The Balaban J connectivity index is 3.11. The molecule has 68 valence electrons. The van der Waals surface area contributed by atoms with Crippen molar-refractivity contribution in [2.24, 2.45) is 0 Å². The normalized spacial score (nSPS) is 12.2. The van der Waals surface area contributed by atoms with Gasteiger partial charge in [0.1, 0.15) is 0 Å². The van der Waals surface area contributed by atoms with E-state index in [0.717, 1.165) is 5.56 Å². The van der Waals surface area contributed by atoms with Crippen LogP contribution in [0.25, 0.3) is 4.91 Å². The second-order valence-electron chi connectivity index (χ2n) is 2.64. The van der Waals surface area contributed by atoms with E-state index in [1.807, 2.05) is 30.3 Å². The monoisotopic (exact) mass is 194 g/mol. The van der Waals surface area contributed by atoms with E-state index in [-0.39, 0.29) is 5.57 Å². The van der Waals surface area contributed by atoms with Gasteiger partial charge in [-0.3, -0.25) is 0 Å². The number of hydrogen-bond donors (Lipinski definition) is 2. The maximum atomic E-state index is 10.6. The fraction of sp³-hybridized carbons (Fsp3) is 0.100. The number of benzene rings is 1. The van der Waals surface area contributed by atoms with Gasteiger partial charge in [0.05, 0.1) is 0 Å². The number of carboxylic acid groups (broad SMARTS) is 1. The number of hydrogen-bond acceptors (Lipinski definition) is 2. The van der Waals surface area contributed by atoms with Crippen LogP contribution in [0.15, 0.2) is 35.9 Å². The molecule has 0 fully saturated rings. The van der Waals surface area contributed by atoms with Crippen LogP contribution in [0.4, 0.5) is 0 Å². The topological polar surface area (TPSA) is 37.3 Å². The Morgan fingerprint density at radius 3 is 2.31 bits per heavy atom. The van der Waals surface area contributed by atoms with Crippen molar-refractivity contribution < 1.29 is 9.90 Å². The van der Waals surface area contributed by atoms with Gasteiger partial charge in [0.15, 0.2) is 0 Å². The van der Waals surface area contributed by atoms with Crippen LogP contribution < -0.4 is 0 Å². The maximum absolute atomic E-state index is 10.6. The molecule has 0 spiro atoms. The molecule has 0 saturated heterocycles. The number of aliphatic carboxylic acids is 1. The van der Waals surface area contributed by atoms with Gasteiger partial charge in [-0.1, -0.05) is 30.3 Å². The molecule has 3 heteroatoms. The lowest BCUT2D eigenvalue weighted by Crippen LogP contribution is -1.97. The van der Waals surface area contributed by atoms with Crippen LogP contribution in [0.1, 0.15) is 12.5 Å². The molecule has 0 bridgehead atoms. The lowest BCUT2D eigenvalue weighted by molar-refractivity contribution is -0.132. The fourth-order valence-corrected chi connectivity index (χ4v) is 1.16. The molecular weight excluding hydrogens is 184 g/mol. The van der Waals surface area contributed by atoms with Crippen molar-refractivity contribution in [2.75, 3.05) is 0 Å². The van der Waals surface area contributed by atoms with Crippen LogP contribution in [-0.4, -0.2) is 11.1 Å². The lowest BCUT2D eigenvalue weighted by Gasteiger charge is -2.02. The molecule has 0 heterocycles. The van der Waals surface area contributed by atoms with E-state index < -0.39 is 5.97 Å². The standard InChI is InChI=1S/C10H10O2S/c1-7(10(11)12)9(13)8-5-3-2-4-6-8/h2-6,13H,1H3,(H,11,12)/b9-7+. The van der Waals surface area contributed by atoms with E-state index in [1.165, 1.54) is 6.92 Å². The summed E-state index contributed by atoms with van der Waals surface area (Å²) in [5, 5.41) is 8.71. The summed E-state index contributed by atoms with van der Waals surface area (Å²) in [4.78, 5) is 11.1. The van der Waals surface area contributed by atoms with E-state index in [0.29, 0.717) is 4.91 Å². The third-order valence-electron chi connectivity index (χ3n) is 1.72. The molecule has 0 atom stereocenters. The van der Waals surface area contributed by atoms with Crippen LogP contribution >= 0.6 is 12.6 Å². The zero-order valence-corrected chi connectivity index (χ0v) is 8.08. The van der Waals surface area contributed by atoms with Crippen LogP contribution in [-0.2, 0) is 4.79 Å². The van der Waals surface area contributed by atoms with Crippen LogP contribution in [0.5, 0.6) is 0 Å². The van der Waals surface area contributed by atoms with Crippen LogP contribution in [0.2, 0.25) is 0 Å².